The monoisotopic (exact) mass is 365 g/mol. The normalized spacial score (nSPS) is 10.3. The van der Waals surface area contributed by atoms with Crippen molar-refractivity contribution in [1.29, 1.82) is 0 Å². The molecule has 1 heterocycles. The Morgan fingerprint density at radius 3 is 2.50 bits per heavy atom. The van der Waals surface area contributed by atoms with Crippen LogP contribution < -0.4 is 10.6 Å². The van der Waals surface area contributed by atoms with E-state index in [0.717, 1.165) is 5.56 Å². The van der Waals surface area contributed by atoms with E-state index in [2.05, 4.69) is 15.6 Å². The third-order valence-corrected chi connectivity index (χ3v) is 4.57. The number of rotatable bonds is 6. The molecule has 0 atom stereocenters. The van der Waals surface area contributed by atoms with E-state index < -0.39 is 0 Å². The number of benzene rings is 2. The summed E-state index contributed by atoms with van der Waals surface area (Å²) in [5.74, 6) is -0.313. The Hall–Kier alpha value is -2.99. The van der Waals surface area contributed by atoms with E-state index in [1.54, 1.807) is 29.6 Å². The predicted octanol–water partition coefficient (Wildman–Crippen LogP) is 3.56. The topological polar surface area (TPSA) is 71.1 Å². The Morgan fingerprint density at radius 2 is 1.77 bits per heavy atom. The van der Waals surface area contributed by atoms with Crippen molar-refractivity contribution >= 4 is 28.3 Å². The van der Waals surface area contributed by atoms with Crippen LogP contribution in [0, 0.1) is 6.92 Å². The molecule has 0 saturated heterocycles. The molecule has 3 aromatic rings. The maximum Gasteiger partial charge on any atom is 0.257 e. The van der Waals surface area contributed by atoms with E-state index in [4.69, 9.17) is 0 Å². The van der Waals surface area contributed by atoms with Crippen LogP contribution in [0.3, 0.4) is 0 Å². The van der Waals surface area contributed by atoms with E-state index in [0.29, 0.717) is 22.9 Å². The number of carbonyl (C=O) groups excluding carboxylic acids is 2. The largest absolute Gasteiger partial charge is 0.352 e. The van der Waals surface area contributed by atoms with Crippen molar-refractivity contribution in [3.05, 3.63) is 82.4 Å². The third-order valence-electron chi connectivity index (χ3n) is 3.76. The summed E-state index contributed by atoms with van der Waals surface area (Å²) in [6.45, 7) is 2.51. The van der Waals surface area contributed by atoms with Gasteiger partial charge < -0.3 is 5.32 Å². The summed E-state index contributed by atoms with van der Waals surface area (Å²) in [4.78, 5) is 28.5. The van der Waals surface area contributed by atoms with Crippen molar-refractivity contribution in [3.8, 4) is 0 Å². The molecule has 2 aromatic carbocycles. The van der Waals surface area contributed by atoms with Crippen LogP contribution in [0.2, 0.25) is 0 Å². The Bertz CT molecular complexity index is 889. The van der Waals surface area contributed by atoms with Gasteiger partial charge in [-0.25, -0.2) is 4.98 Å². The van der Waals surface area contributed by atoms with Crippen molar-refractivity contribution < 1.29 is 9.59 Å². The van der Waals surface area contributed by atoms with Crippen LogP contribution in [-0.4, -0.2) is 16.8 Å². The lowest BCUT2D eigenvalue weighted by Crippen LogP contribution is -2.24. The molecule has 5 nitrogen and oxygen atoms in total. The highest BCUT2D eigenvalue weighted by molar-refractivity contribution is 7.14. The Labute approximate surface area is 156 Å². The maximum atomic E-state index is 12.1. The first kappa shape index (κ1) is 17.8. The van der Waals surface area contributed by atoms with Gasteiger partial charge in [0.1, 0.15) is 0 Å². The predicted molar refractivity (Wildman–Crippen MR) is 103 cm³/mol. The summed E-state index contributed by atoms with van der Waals surface area (Å²) < 4.78 is 0. The number of aromatic nitrogens is 1. The highest BCUT2D eigenvalue weighted by Crippen LogP contribution is 2.17. The molecule has 0 fully saturated rings. The molecule has 1 aromatic heterocycles. The van der Waals surface area contributed by atoms with E-state index in [-0.39, 0.29) is 18.2 Å². The van der Waals surface area contributed by atoms with Gasteiger partial charge in [-0.15, -0.1) is 11.3 Å². The van der Waals surface area contributed by atoms with Crippen molar-refractivity contribution in [2.75, 3.05) is 5.32 Å². The minimum atomic E-state index is -0.213. The van der Waals surface area contributed by atoms with Crippen LogP contribution in [0.1, 0.15) is 27.2 Å². The van der Waals surface area contributed by atoms with Gasteiger partial charge in [-0.1, -0.05) is 48.0 Å². The first-order valence-electron chi connectivity index (χ1n) is 8.23. The molecule has 0 saturated carbocycles. The average molecular weight is 365 g/mol. The molecule has 0 bridgehead atoms. The number of thiazole rings is 1. The highest BCUT2D eigenvalue weighted by atomic mass is 32.1. The van der Waals surface area contributed by atoms with Gasteiger partial charge in [0.25, 0.3) is 5.91 Å². The number of aryl methyl sites for hydroxylation is 1. The lowest BCUT2D eigenvalue weighted by Gasteiger charge is -2.04. The smallest absolute Gasteiger partial charge is 0.257 e. The molecular formula is C20H19N3O2S. The second kappa shape index (κ2) is 8.40. The van der Waals surface area contributed by atoms with Crippen molar-refractivity contribution in [3.63, 3.8) is 0 Å². The second-order valence-corrected chi connectivity index (χ2v) is 6.76. The first-order chi connectivity index (χ1) is 12.6. The number of amides is 2. The number of anilines is 1. The molecular weight excluding hydrogens is 346 g/mol. The molecule has 0 aliphatic heterocycles. The fourth-order valence-corrected chi connectivity index (χ4v) is 3.04. The summed E-state index contributed by atoms with van der Waals surface area (Å²) in [7, 11) is 0. The number of nitrogens with zero attached hydrogens (tertiary/aromatic N) is 1. The van der Waals surface area contributed by atoms with Crippen LogP contribution in [0.4, 0.5) is 5.13 Å². The molecule has 6 heteroatoms. The first-order valence-corrected chi connectivity index (χ1v) is 9.11. The van der Waals surface area contributed by atoms with Gasteiger partial charge in [-0.2, -0.15) is 0 Å². The summed E-state index contributed by atoms with van der Waals surface area (Å²) in [5.41, 5.74) is 3.45. The standard InChI is InChI=1S/C20H19N3O2S/c1-14-7-9-15(10-8-14)12-21-18(24)11-17-13-26-20(22-17)23-19(25)16-5-3-2-4-6-16/h2-10,13H,11-12H2,1H3,(H,21,24)(H,22,23,25). The van der Waals surface area contributed by atoms with Gasteiger partial charge in [-0.05, 0) is 24.6 Å². The summed E-state index contributed by atoms with van der Waals surface area (Å²) in [5, 5.41) is 7.90. The zero-order chi connectivity index (χ0) is 18.4. The Kier molecular flexibility index (Phi) is 5.76. The van der Waals surface area contributed by atoms with Crippen LogP contribution in [0.25, 0.3) is 0 Å². The maximum absolute atomic E-state index is 12.1. The van der Waals surface area contributed by atoms with E-state index in [1.165, 1.54) is 16.9 Å². The third kappa shape index (κ3) is 5.00. The SMILES string of the molecule is Cc1ccc(CNC(=O)Cc2csc(NC(=O)c3ccccc3)n2)cc1. The molecule has 0 aliphatic rings. The fraction of sp³-hybridized carbons (Fsp3) is 0.150. The summed E-state index contributed by atoms with van der Waals surface area (Å²) >= 11 is 1.31. The van der Waals surface area contributed by atoms with Crippen LogP contribution in [0.5, 0.6) is 0 Å². The van der Waals surface area contributed by atoms with Gasteiger partial charge >= 0.3 is 0 Å². The summed E-state index contributed by atoms with van der Waals surface area (Å²) in [6.07, 6.45) is 0.184. The lowest BCUT2D eigenvalue weighted by molar-refractivity contribution is -0.120. The molecule has 2 amide bonds. The Balaban J connectivity index is 1.50. The number of hydrogen-bond acceptors (Lipinski definition) is 4. The fourth-order valence-electron chi connectivity index (χ4n) is 2.34. The second-order valence-electron chi connectivity index (χ2n) is 5.90. The summed E-state index contributed by atoms with van der Waals surface area (Å²) in [6, 6.07) is 17.0. The van der Waals surface area contributed by atoms with E-state index >= 15 is 0 Å². The van der Waals surface area contributed by atoms with E-state index in [1.807, 2.05) is 37.3 Å². The number of carbonyl (C=O) groups is 2. The van der Waals surface area contributed by atoms with Gasteiger partial charge in [0.15, 0.2) is 5.13 Å². The minimum absolute atomic E-state index is 0.100. The molecule has 0 unspecified atom stereocenters. The van der Waals surface area contributed by atoms with Crippen LogP contribution >= 0.6 is 11.3 Å². The van der Waals surface area contributed by atoms with Crippen LogP contribution in [0.15, 0.2) is 60.0 Å². The number of hydrogen-bond donors (Lipinski definition) is 2. The number of nitrogens with one attached hydrogen (secondary N) is 2. The zero-order valence-electron chi connectivity index (χ0n) is 14.4. The molecule has 2 N–H and O–H groups in total. The van der Waals surface area contributed by atoms with Gasteiger partial charge in [0, 0.05) is 17.5 Å². The molecule has 26 heavy (non-hydrogen) atoms. The molecule has 0 spiro atoms. The van der Waals surface area contributed by atoms with Gasteiger partial charge in [0.2, 0.25) is 5.91 Å². The Morgan fingerprint density at radius 1 is 1.04 bits per heavy atom. The quantitative estimate of drug-likeness (QED) is 0.702. The lowest BCUT2D eigenvalue weighted by atomic mass is 10.1. The van der Waals surface area contributed by atoms with Crippen molar-refractivity contribution in [2.45, 2.75) is 19.9 Å². The van der Waals surface area contributed by atoms with Gasteiger partial charge in [0.05, 0.1) is 12.1 Å². The molecule has 0 aliphatic carbocycles. The van der Waals surface area contributed by atoms with Crippen LogP contribution in [-0.2, 0) is 17.8 Å². The average Bonchev–Trinajstić information content (AvgIpc) is 3.08. The minimum Gasteiger partial charge on any atom is -0.352 e. The van der Waals surface area contributed by atoms with Crippen molar-refractivity contribution in [1.82, 2.24) is 10.3 Å². The zero-order valence-corrected chi connectivity index (χ0v) is 15.2. The van der Waals surface area contributed by atoms with Crippen molar-refractivity contribution in [2.24, 2.45) is 0 Å². The molecule has 132 valence electrons. The van der Waals surface area contributed by atoms with Gasteiger partial charge in [-0.3, -0.25) is 14.9 Å². The molecule has 0 radical (unpaired) electrons. The molecule has 3 rings (SSSR count). The highest BCUT2D eigenvalue weighted by Gasteiger charge is 2.11. The van der Waals surface area contributed by atoms with E-state index in [9.17, 15) is 9.59 Å².